The van der Waals surface area contributed by atoms with E-state index in [9.17, 15) is 9.90 Å². The third-order valence-corrected chi connectivity index (χ3v) is 2.78. The number of ether oxygens (including phenoxy) is 2. The molecule has 0 unspecified atom stereocenters. The fraction of sp³-hybridized carbons (Fsp3) is 0.800. The van der Waals surface area contributed by atoms with Gasteiger partial charge in [0.25, 0.3) is 0 Å². The molecule has 0 atom stereocenters. The predicted molar refractivity (Wildman–Crippen MR) is 53.0 cm³/mol. The first-order valence-corrected chi connectivity index (χ1v) is 5.53. The van der Waals surface area contributed by atoms with Gasteiger partial charge in [-0.05, 0) is 13.1 Å². The van der Waals surface area contributed by atoms with Crippen molar-refractivity contribution in [1.82, 2.24) is 9.80 Å². The number of rotatable bonds is 2. The van der Waals surface area contributed by atoms with E-state index in [4.69, 9.17) is 9.47 Å². The molecule has 8 heteroatoms. The van der Waals surface area contributed by atoms with Gasteiger partial charge in [-0.3, -0.25) is 0 Å². The van der Waals surface area contributed by atoms with Crippen LogP contribution in [0.3, 0.4) is 0 Å². The van der Waals surface area contributed by atoms with Crippen LogP contribution in [-0.2, 0) is 14.3 Å². The van der Waals surface area contributed by atoms with E-state index >= 15 is 0 Å². The Hall–Kier alpha value is 0.375. The average molecular weight is 242 g/mol. The summed E-state index contributed by atoms with van der Waals surface area (Å²) in [5.41, 5.74) is 0. The van der Waals surface area contributed by atoms with E-state index in [1.807, 2.05) is 0 Å². The summed E-state index contributed by atoms with van der Waals surface area (Å²) in [6.45, 7) is 4.10. The van der Waals surface area contributed by atoms with Crippen molar-refractivity contribution in [3.05, 3.63) is 6.23 Å². The maximum absolute atomic E-state index is 11.8. The molecule has 0 aliphatic carbocycles. The number of amides is 1. The standard InChI is InChI=1S/C10H16N2O4.2Li/c13-9(11-1-5-15-6-2-11)10(14)12-3-7-16-8-4-12;;/h1-8H2;;/q-2;2*+1. The van der Waals surface area contributed by atoms with E-state index in [0.29, 0.717) is 52.6 Å². The van der Waals surface area contributed by atoms with Crippen LogP contribution < -0.4 is 42.8 Å². The van der Waals surface area contributed by atoms with E-state index < -0.39 is 12.1 Å². The Morgan fingerprint density at radius 3 is 1.89 bits per heavy atom. The molecule has 0 spiro atoms. The maximum atomic E-state index is 11.8. The van der Waals surface area contributed by atoms with Crippen LogP contribution in [0.4, 0.5) is 0 Å². The first kappa shape index (κ1) is 18.4. The van der Waals surface area contributed by atoms with E-state index in [-0.39, 0.29) is 37.7 Å². The Balaban J connectivity index is 0.00000144. The molecule has 92 valence electrons. The summed E-state index contributed by atoms with van der Waals surface area (Å²) >= 11 is 0. The van der Waals surface area contributed by atoms with Gasteiger partial charge < -0.3 is 35.4 Å². The van der Waals surface area contributed by atoms with Crippen molar-refractivity contribution in [2.45, 2.75) is 0 Å². The Morgan fingerprint density at radius 2 is 1.39 bits per heavy atom. The third-order valence-electron chi connectivity index (χ3n) is 2.78. The topological polar surface area (TPSA) is 65.1 Å². The number of carbonyl (C=O) groups is 1. The zero-order valence-corrected chi connectivity index (χ0v) is 11.2. The second kappa shape index (κ2) is 9.31. The molecule has 0 aromatic carbocycles. The molecule has 0 aromatic heterocycles. The number of hydrogen-bond acceptors (Lipinski definition) is 5. The van der Waals surface area contributed by atoms with E-state index in [0.717, 1.165) is 0 Å². The first-order valence-electron chi connectivity index (χ1n) is 5.53. The van der Waals surface area contributed by atoms with Crippen molar-refractivity contribution >= 4 is 5.91 Å². The van der Waals surface area contributed by atoms with Gasteiger partial charge in [-0.1, -0.05) is 0 Å². The van der Waals surface area contributed by atoms with Crippen LogP contribution in [0.15, 0.2) is 0 Å². The molecule has 0 saturated carbocycles. The van der Waals surface area contributed by atoms with Gasteiger partial charge in [-0.25, -0.2) is 0 Å². The number of nitrogens with zero attached hydrogens (tertiary/aromatic N) is 2. The number of carbonyl (C=O) groups excluding carboxylic acids is 1. The zero-order chi connectivity index (χ0) is 11.4. The molecule has 0 aromatic rings. The minimum atomic E-state index is -0.412. The van der Waals surface area contributed by atoms with Gasteiger partial charge in [0.15, 0.2) is 0 Å². The normalized spacial score (nSPS) is 20.6. The van der Waals surface area contributed by atoms with Crippen LogP contribution in [0.2, 0.25) is 0 Å². The third kappa shape index (κ3) is 4.81. The zero-order valence-electron chi connectivity index (χ0n) is 11.2. The molecule has 2 saturated heterocycles. The van der Waals surface area contributed by atoms with Crippen molar-refractivity contribution in [3.8, 4) is 0 Å². The quantitative estimate of drug-likeness (QED) is 0.355. The molecule has 0 radical (unpaired) electrons. The van der Waals surface area contributed by atoms with Gasteiger partial charge in [0, 0.05) is 13.1 Å². The minimum absolute atomic E-state index is 0. The molecule has 1 amide bonds. The molecule has 6 nitrogen and oxygen atoms in total. The SMILES string of the molecule is O=C([C-]([O-])N1CCOCC1)N1CCOCC1.[Li+].[Li+]. The van der Waals surface area contributed by atoms with Crippen LogP contribution >= 0.6 is 0 Å². The summed E-state index contributed by atoms with van der Waals surface area (Å²) in [6.07, 6.45) is -0.412. The van der Waals surface area contributed by atoms with Gasteiger partial charge in [-0.15, -0.1) is 0 Å². The summed E-state index contributed by atoms with van der Waals surface area (Å²) in [5.74, 6) is -0.412. The molecule has 2 aliphatic heterocycles. The van der Waals surface area contributed by atoms with Crippen molar-refractivity contribution in [3.63, 3.8) is 0 Å². The number of hydrogen-bond donors (Lipinski definition) is 0. The van der Waals surface area contributed by atoms with Crippen molar-refractivity contribution in [1.29, 1.82) is 0 Å². The van der Waals surface area contributed by atoms with Gasteiger partial charge in [-0.2, -0.15) is 0 Å². The second-order valence-corrected chi connectivity index (χ2v) is 3.81. The molecule has 2 heterocycles. The molecule has 18 heavy (non-hydrogen) atoms. The van der Waals surface area contributed by atoms with Crippen LogP contribution in [0.1, 0.15) is 0 Å². The Bertz CT molecular complexity index is 246. The summed E-state index contributed by atoms with van der Waals surface area (Å²) in [7, 11) is 0. The average Bonchev–Trinajstić information content (AvgIpc) is 2.39. The van der Waals surface area contributed by atoms with Gasteiger partial charge in [0.05, 0.1) is 32.3 Å². The van der Waals surface area contributed by atoms with Crippen LogP contribution in [-0.4, -0.2) is 68.3 Å². The predicted octanol–water partition coefficient (Wildman–Crippen LogP) is -7.96. The molecular formula is C10H16Li2N2O4. The summed E-state index contributed by atoms with van der Waals surface area (Å²) < 4.78 is 10.3. The minimum Gasteiger partial charge on any atom is -0.997 e. The van der Waals surface area contributed by atoms with Crippen LogP contribution in [0, 0.1) is 6.23 Å². The summed E-state index contributed by atoms with van der Waals surface area (Å²) in [6, 6.07) is 0. The Labute approximate surface area is 131 Å². The van der Waals surface area contributed by atoms with Crippen molar-refractivity contribution in [2.24, 2.45) is 0 Å². The Morgan fingerprint density at radius 1 is 0.944 bits per heavy atom. The van der Waals surface area contributed by atoms with E-state index in [1.165, 1.54) is 0 Å². The molecule has 2 aliphatic rings. The Kier molecular flexibility index (Phi) is 9.50. The smallest absolute Gasteiger partial charge is 0.997 e. The van der Waals surface area contributed by atoms with Crippen molar-refractivity contribution in [2.75, 3.05) is 52.6 Å². The van der Waals surface area contributed by atoms with E-state index in [2.05, 4.69) is 0 Å². The van der Waals surface area contributed by atoms with Gasteiger partial charge in [0.2, 0.25) is 0 Å². The number of morpholine rings is 2. The monoisotopic (exact) mass is 242 g/mol. The largest absolute Gasteiger partial charge is 1.00 e. The molecule has 0 N–H and O–H groups in total. The van der Waals surface area contributed by atoms with Crippen LogP contribution in [0.5, 0.6) is 0 Å². The maximum Gasteiger partial charge on any atom is 1.00 e. The first-order chi connectivity index (χ1) is 7.79. The fourth-order valence-electron chi connectivity index (χ4n) is 1.80. The molecule has 2 fully saturated rings. The van der Waals surface area contributed by atoms with Gasteiger partial charge in [0.1, 0.15) is 0 Å². The summed E-state index contributed by atoms with van der Waals surface area (Å²) in [5, 5.41) is 11.8. The van der Waals surface area contributed by atoms with Crippen molar-refractivity contribution < 1.29 is 57.1 Å². The van der Waals surface area contributed by atoms with E-state index in [1.54, 1.807) is 9.80 Å². The second-order valence-electron chi connectivity index (χ2n) is 3.81. The molecule has 0 bridgehead atoms. The van der Waals surface area contributed by atoms with Crippen LogP contribution in [0.25, 0.3) is 0 Å². The summed E-state index contributed by atoms with van der Waals surface area (Å²) in [4.78, 5) is 14.9. The molecule has 2 rings (SSSR count). The fourth-order valence-corrected chi connectivity index (χ4v) is 1.80. The molecular weight excluding hydrogens is 226 g/mol. The van der Waals surface area contributed by atoms with Gasteiger partial charge >= 0.3 is 37.7 Å².